The molecule has 0 fully saturated rings. The molecule has 142 valence electrons. The van der Waals surface area contributed by atoms with Crippen molar-refractivity contribution in [2.45, 2.75) is 32.1 Å². The van der Waals surface area contributed by atoms with E-state index in [1.165, 1.54) is 13.8 Å². The minimum Gasteiger partial charge on any atom is -0.464 e. The van der Waals surface area contributed by atoms with E-state index < -0.39 is 67.5 Å². The number of carboxylic acid groups (broad SMARTS) is 1. The summed E-state index contributed by atoms with van der Waals surface area (Å²) < 4.78 is 78.6. The molecule has 1 N–H and O–H groups in total. The Bertz CT molecular complexity index is 913. The number of hydrogen-bond donors (Lipinski definition) is 1. The molecule has 1 aromatic carbocycles. The van der Waals surface area contributed by atoms with Crippen LogP contribution in [-0.2, 0) is 12.4 Å². The van der Waals surface area contributed by atoms with E-state index >= 15 is 0 Å². The number of hydrogen-bond acceptors (Lipinski definition) is 4. The van der Waals surface area contributed by atoms with Crippen LogP contribution in [0.2, 0.25) is 0 Å². The second-order valence-electron chi connectivity index (χ2n) is 5.51. The van der Waals surface area contributed by atoms with Gasteiger partial charge in [0.15, 0.2) is 5.52 Å². The lowest BCUT2D eigenvalue weighted by Crippen LogP contribution is -2.20. The molecule has 13 heteroatoms. The number of alkyl halides is 6. The Morgan fingerprint density at radius 1 is 1.23 bits per heavy atom. The molecule has 1 aromatic heterocycles. The smallest absolute Gasteiger partial charge is 0.450 e. The van der Waals surface area contributed by atoms with E-state index in [1.54, 1.807) is 0 Å². The number of rotatable bonds is 2. The van der Waals surface area contributed by atoms with Crippen LogP contribution in [-0.4, -0.2) is 25.7 Å². The zero-order chi connectivity index (χ0) is 20.2. The molecule has 0 saturated heterocycles. The summed E-state index contributed by atoms with van der Waals surface area (Å²) in [7, 11) is 0. The zero-order valence-electron chi connectivity index (χ0n) is 12.9. The molecule has 26 heavy (non-hydrogen) atoms. The molecule has 0 atom stereocenters. The monoisotopic (exact) mass is 385 g/mol. The third-order valence-corrected chi connectivity index (χ3v) is 3.47. The van der Waals surface area contributed by atoms with Gasteiger partial charge in [-0.1, -0.05) is 13.8 Å². The summed E-state index contributed by atoms with van der Waals surface area (Å²) in [5.74, 6) is -3.17. The van der Waals surface area contributed by atoms with Gasteiger partial charge < -0.3 is 5.11 Å². The molecular weight excluding hydrogens is 376 g/mol. The van der Waals surface area contributed by atoms with E-state index in [4.69, 9.17) is 5.11 Å². The first-order chi connectivity index (χ1) is 11.7. The molecule has 0 aliphatic heterocycles. The number of carbonyl (C=O) groups is 1. The zero-order valence-corrected chi connectivity index (χ0v) is 12.9. The fourth-order valence-electron chi connectivity index (χ4n) is 2.60. The number of benzene rings is 1. The normalized spacial score (nSPS) is 12.8. The highest BCUT2D eigenvalue weighted by atomic mass is 19.4. The summed E-state index contributed by atoms with van der Waals surface area (Å²) in [5, 5.41) is 20.3. The summed E-state index contributed by atoms with van der Waals surface area (Å²) in [6.07, 6.45) is -12.8. The maximum atomic E-state index is 13.3. The SMILES string of the molecule is CC(C)c1c(C(F)(F)F)cc2c(nc(C(F)(F)F)n2C(=O)O)c1[N+](=O)[O-]. The van der Waals surface area contributed by atoms with Crippen LogP contribution in [0, 0.1) is 10.1 Å². The molecule has 1 heterocycles. The Labute approximate surface area is 140 Å². The van der Waals surface area contributed by atoms with Crippen molar-refractivity contribution in [1.29, 1.82) is 0 Å². The highest BCUT2D eigenvalue weighted by molar-refractivity contribution is 5.94. The van der Waals surface area contributed by atoms with Crippen LogP contribution in [0.15, 0.2) is 6.07 Å². The minimum absolute atomic E-state index is 0.133. The largest absolute Gasteiger partial charge is 0.464 e. The van der Waals surface area contributed by atoms with E-state index in [0.29, 0.717) is 0 Å². The number of halogens is 6. The minimum atomic E-state index is -5.36. The van der Waals surface area contributed by atoms with Gasteiger partial charge >= 0.3 is 24.1 Å². The Hall–Kier alpha value is -2.86. The summed E-state index contributed by atoms with van der Waals surface area (Å²) >= 11 is 0. The van der Waals surface area contributed by atoms with Gasteiger partial charge in [-0.15, -0.1) is 0 Å². The van der Waals surface area contributed by atoms with E-state index in [-0.39, 0.29) is 6.07 Å². The molecule has 0 unspecified atom stereocenters. The number of nitro groups is 1. The van der Waals surface area contributed by atoms with E-state index in [9.17, 15) is 41.3 Å². The number of nitro benzene ring substituents is 1. The highest BCUT2D eigenvalue weighted by Gasteiger charge is 2.44. The molecular formula is C13H9F6N3O4. The summed E-state index contributed by atoms with van der Waals surface area (Å²) in [6.45, 7) is 2.37. The molecule has 0 spiro atoms. The van der Waals surface area contributed by atoms with Crippen LogP contribution in [0.25, 0.3) is 11.0 Å². The van der Waals surface area contributed by atoms with E-state index in [0.717, 1.165) is 0 Å². The van der Waals surface area contributed by atoms with Gasteiger partial charge in [0.05, 0.1) is 16.0 Å². The van der Waals surface area contributed by atoms with Gasteiger partial charge in [-0.05, 0) is 12.0 Å². The maximum absolute atomic E-state index is 13.3. The number of nitrogens with zero attached hydrogens (tertiary/aromatic N) is 3. The van der Waals surface area contributed by atoms with Crippen molar-refractivity contribution in [3.05, 3.63) is 33.1 Å². The van der Waals surface area contributed by atoms with Crippen molar-refractivity contribution in [1.82, 2.24) is 9.55 Å². The van der Waals surface area contributed by atoms with Crippen molar-refractivity contribution in [2.24, 2.45) is 0 Å². The third-order valence-electron chi connectivity index (χ3n) is 3.47. The van der Waals surface area contributed by atoms with Crippen LogP contribution in [0.1, 0.15) is 36.7 Å². The quantitative estimate of drug-likeness (QED) is 0.462. The van der Waals surface area contributed by atoms with Crippen LogP contribution in [0.3, 0.4) is 0 Å². The predicted molar refractivity (Wildman–Crippen MR) is 73.9 cm³/mol. The molecule has 0 amide bonds. The molecule has 7 nitrogen and oxygen atoms in total. The first-order valence-electron chi connectivity index (χ1n) is 6.79. The lowest BCUT2D eigenvalue weighted by atomic mass is 9.93. The highest BCUT2D eigenvalue weighted by Crippen LogP contribution is 2.45. The number of imidazole rings is 1. The van der Waals surface area contributed by atoms with Crippen LogP contribution in [0.5, 0.6) is 0 Å². The van der Waals surface area contributed by atoms with Gasteiger partial charge in [-0.25, -0.2) is 14.3 Å². The van der Waals surface area contributed by atoms with Gasteiger partial charge in [-0.2, -0.15) is 26.3 Å². The molecule has 2 rings (SSSR count). The van der Waals surface area contributed by atoms with Gasteiger partial charge in [0, 0.05) is 5.56 Å². The van der Waals surface area contributed by atoms with Gasteiger partial charge in [-0.3, -0.25) is 10.1 Å². The fourth-order valence-corrected chi connectivity index (χ4v) is 2.60. The molecule has 0 aliphatic carbocycles. The Kier molecular flexibility index (Phi) is 4.38. The second-order valence-corrected chi connectivity index (χ2v) is 5.51. The lowest BCUT2D eigenvalue weighted by Gasteiger charge is -2.16. The third kappa shape index (κ3) is 3.04. The molecule has 0 saturated carbocycles. The van der Waals surface area contributed by atoms with Crippen LogP contribution < -0.4 is 0 Å². The maximum Gasteiger partial charge on any atom is 0.450 e. The van der Waals surface area contributed by atoms with E-state index in [2.05, 4.69) is 4.98 Å². The summed E-state index contributed by atoms with van der Waals surface area (Å²) in [6, 6.07) is 0.133. The van der Waals surface area contributed by atoms with Crippen molar-refractivity contribution in [3.8, 4) is 0 Å². The predicted octanol–water partition coefficient (Wildman–Crippen LogP) is 4.63. The van der Waals surface area contributed by atoms with Crippen molar-refractivity contribution >= 4 is 22.8 Å². The molecule has 0 radical (unpaired) electrons. The van der Waals surface area contributed by atoms with Crippen LogP contribution >= 0.6 is 0 Å². The summed E-state index contributed by atoms with van der Waals surface area (Å²) in [4.78, 5) is 24.1. The van der Waals surface area contributed by atoms with Gasteiger partial charge in [0.25, 0.3) is 0 Å². The molecule has 2 aromatic rings. The Balaban J connectivity index is 3.19. The van der Waals surface area contributed by atoms with Gasteiger partial charge in [0.1, 0.15) is 0 Å². The van der Waals surface area contributed by atoms with Crippen molar-refractivity contribution in [3.63, 3.8) is 0 Å². The Morgan fingerprint density at radius 3 is 2.12 bits per heavy atom. The molecule has 0 aliphatic rings. The second kappa shape index (κ2) is 5.85. The first-order valence-corrected chi connectivity index (χ1v) is 6.79. The molecule has 0 bridgehead atoms. The standard InChI is InChI=1S/C13H9F6N3O4/c1-4(2)7-5(12(14,15)16)3-6-8(9(7)22(25)26)20-10(13(17,18)19)21(6)11(23)24/h3-4H,1-2H3,(H,23,24). The van der Waals surface area contributed by atoms with E-state index in [1.807, 2.05) is 0 Å². The first kappa shape index (κ1) is 19.5. The Morgan fingerprint density at radius 2 is 1.77 bits per heavy atom. The average molecular weight is 385 g/mol. The average Bonchev–Trinajstić information content (AvgIpc) is 2.82. The number of aromatic nitrogens is 2. The number of fused-ring (bicyclic) bond motifs is 1. The van der Waals surface area contributed by atoms with Gasteiger partial charge in [0.2, 0.25) is 5.82 Å². The fraction of sp³-hybridized carbons (Fsp3) is 0.385. The summed E-state index contributed by atoms with van der Waals surface area (Å²) in [5.41, 5.74) is -6.04. The van der Waals surface area contributed by atoms with Crippen molar-refractivity contribution < 1.29 is 41.2 Å². The lowest BCUT2D eigenvalue weighted by molar-refractivity contribution is -0.384. The van der Waals surface area contributed by atoms with Crippen LogP contribution in [0.4, 0.5) is 36.8 Å². The topological polar surface area (TPSA) is 98.3 Å². The van der Waals surface area contributed by atoms with Crippen molar-refractivity contribution in [2.75, 3.05) is 0 Å².